The molecule has 12 heavy (non-hydrogen) atoms. The fraction of sp³-hybridized carbons (Fsp3) is 0.778. The van der Waals surface area contributed by atoms with Gasteiger partial charge >= 0.3 is 0 Å². The maximum Gasteiger partial charge on any atom is 0.270 e. The molecule has 1 unspecified atom stereocenters. The van der Waals surface area contributed by atoms with Crippen LogP contribution in [0.15, 0.2) is 4.99 Å². The van der Waals surface area contributed by atoms with Crippen molar-refractivity contribution in [2.75, 3.05) is 7.05 Å². The highest BCUT2D eigenvalue weighted by atomic mass is 16.2. The lowest BCUT2D eigenvalue weighted by Crippen LogP contribution is -2.34. The molecular weight excluding hydrogens is 152 g/mol. The summed E-state index contributed by atoms with van der Waals surface area (Å²) in [4.78, 5) is 17.2. The van der Waals surface area contributed by atoms with Crippen molar-refractivity contribution in [1.29, 1.82) is 0 Å². The van der Waals surface area contributed by atoms with Gasteiger partial charge in [0.15, 0.2) is 0 Å². The summed E-state index contributed by atoms with van der Waals surface area (Å²) in [6.45, 7) is 6.11. The van der Waals surface area contributed by atoms with Crippen molar-refractivity contribution < 1.29 is 4.79 Å². The van der Waals surface area contributed by atoms with Crippen LogP contribution in [0.4, 0.5) is 0 Å². The predicted octanol–water partition coefficient (Wildman–Crippen LogP) is 1.29. The van der Waals surface area contributed by atoms with Crippen molar-refractivity contribution in [1.82, 2.24) is 4.90 Å². The standard InChI is InChI=1S/C9H16N2O/c1-6(2)5-8-9(12)10-7(3)11(8)4/h6,8H,5H2,1-4H3. The van der Waals surface area contributed by atoms with Crippen LogP contribution in [0.1, 0.15) is 27.2 Å². The van der Waals surface area contributed by atoms with Crippen molar-refractivity contribution in [3.63, 3.8) is 0 Å². The first-order valence-corrected chi connectivity index (χ1v) is 4.34. The Morgan fingerprint density at radius 3 is 2.50 bits per heavy atom. The lowest BCUT2D eigenvalue weighted by Gasteiger charge is -2.21. The minimum atomic E-state index is -0.00926. The van der Waals surface area contributed by atoms with Gasteiger partial charge in [-0.1, -0.05) is 13.8 Å². The number of hydrogen-bond donors (Lipinski definition) is 0. The van der Waals surface area contributed by atoms with E-state index in [-0.39, 0.29) is 11.9 Å². The molecule has 68 valence electrons. The van der Waals surface area contributed by atoms with Gasteiger partial charge < -0.3 is 4.90 Å². The molecule has 0 aromatic carbocycles. The number of amides is 1. The third-order valence-corrected chi connectivity index (χ3v) is 2.23. The fourth-order valence-electron chi connectivity index (χ4n) is 1.41. The molecular formula is C9H16N2O. The van der Waals surface area contributed by atoms with Crippen LogP contribution in [0, 0.1) is 5.92 Å². The second kappa shape index (κ2) is 3.25. The number of nitrogens with zero attached hydrogens (tertiary/aromatic N) is 2. The van der Waals surface area contributed by atoms with E-state index in [0.717, 1.165) is 12.3 Å². The second-order valence-electron chi connectivity index (χ2n) is 3.75. The Balaban J connectivity index is 2.64. The number of aliphatic imine (C=N–C) groups is 1. The van der Waals surface area contributed by atoms with E-state index in [0.29, 0.717) is 5.92 Å². The van der Waals surface area contributed by atoms with Crippen molar-refractivity contribution in [2.45, 2.75) is 33.2 Å². The largest absolute Gasteiger partial charge is 0.351 e. The molecule has 1 atom stereocenters. The molecule has 1 amide bonds. The van der Waals surface area contributed by atoms with E-state index >= 15 is 0 Å². The quantitative estimate of drug-likeness (QED) is 0.622. The number of amidine groups is 1. The van der Waals surface area contributed by atoms with Gasteiger partial charge in [-0.15, -0.1) is 0 Å². The number of carbonyl (C=O) groups is 1. The first kappa shape index (κ1) is 9.23. The summed E-state index contributed by atoms with van der Waals surface area (Å²) >= 11 is 0. The molecule has 0 saturated heterocycles. The topological polar surface area (TPSA) is 32.7 Å². The highest BCUT2D eigenvalue weighted by Gasteiger charge is 2.30. The SMILES string of the molecule is CC1=NC(=O)C(CC(C)C)N1C. The smallest absolute Gasteiger partial charge is 0.270 e. The maximum atomic E-state index is 11.3. The summed E-state index contributed by atoms with van der Waals surface area (Å²) in [7, 11) is 1.93. The van der Waals surface area contributed by atoms with E-state index in [1.807, 2.05) is 18.9 Å². The summed E-state index contributed by atoms with van der Waals surface area (Å²) in [6.07, 6.45) is 0.899. The molecule has 1 rings (SSSR count). The van der Waals surface area contributed by atoms with Crippen LogP contribution < -0.4 is 0 Å². The third kappa shape index (κ3) is 1.65. The molecule has 1 aliphatic rings. The Morgan fingerprint density at radius 1 is 1.58 bits per heavy atom. The predicted molar refractivity (Wildman–Crippen MR) is 49.1 cm³/mol. The fourth-order valence-corrected chi connectivity index (χ4v) is 1.41. The molecule has 0 aromatic heterocycles. The van der Waals surface area contributed by atoms with Gasteiger partial charge in [0, 0.05) is 7.05 Å². The van der Waals surface area contributed by atoms with Gasteiger partial charge in [-0.2, -0.15) is 4.99 Å². The van der Waals surface area contributed by atoms with Crippen molar-refractivity contribution in [3.8, 4) is 0 Å². The Kier molecular flexibility index (Phi) is 2.50. The average Bonchev–Trinajstić information content (AvgIpc) is 2.16. The van der Waals surface area contributed by atoms with Crippen LogP contribution in [0.2, 0.25) is 0 Å². The number of likely N-dealkylation sites (N-methyl/N-ethyl adjacent to an activating group) is 1. The minimum absolute atomic E-state index is 0.00926. The van der Waals surface area contributed by atoms with Gasteiger partial charge in [0.2, 0.25) is 0 Å². The lowest BCUT2D eigenvalue weighted by atomic mass is 10.0. The van der Waals surface area contributed by atoms with E-state index < -0.39 is 0 Å². The molecule has 0 spiro atoms. The summed E-state index contributed by atoms with van der Waals surface area (Å²) in [5.74, 6) is 1.40. The normalized spacial score (nSPS) is 23.8. The van der Waals surface area contributed by atoms with Gasteiger partial charge in [-0.25, -0.2) is 0 Å². The van der Waals surface area contributed by atoms with Crippen molar-refractivity contribution in [2.24, 2.45) is 10.9 Å². The van der Waals surface area contributed by atoms with Crippen molar-refractivity contribution in [3.05, 3.63) is 0 Å². The molecule has 0 aromatic rings. The zero-order chi connectivity index (χ0) is 9.30. The first-order chi connectivity index (χ1) is 5.52. The Morgan fingerprint density at radius 2 is 2.17 bits per heavy atom. The van der Waals surface area contributed by atoms with Crippen LogP contribution in [-0.4, -0.2) is 29.7 Å². The summed E-state index contributed by atoms with van der Waals surface area (Å²) in [5.41, 5.74) is 0. The van der Waals surface area contributed by atoms with Crippen LogP contribution in [0.25, 0.3) is 0 Å². The highest BCUT2D eigenvalue weighted by Crippen LogP contribution is 2.17. The lowest BCUT2D eigenvalue weighted by molar-refractivity contribution is -0.120. The highest BCUT2D eigenvalue weighted by molar-refractivity contribution is 6.02. The molecule has 0 bridgehead atoms. The Bertz CT molecular complexity index is 221. The van der Waals surface area contributed by atoms with Crippen LogP contribution >= 0.6 is 0 Å². The molecule has 1 aliphatic heterocycles. The van der Waals surface area contributed by atoms with Crippen LogP contribution in [0.3, 0.4) is 0 Å². The minimum Gasteiger partial charge on any atom is -0.351 e. The van der Waals surface area contributed by atoms with Crippen molar-refractivity contribution >= 4 is 11.7 Å². The van der Waals surface area contributed by atoms with Crippen LogP contribution in [-0.2, 0) is 4.79 Å². The number of hydrogen-bond acceptors (Lipinski definition) is 2. The van der Waals surface area contributed by atoms with E-state index in [4.69, 9.17) is 0 Å². The molecule has 3 nitrogen and oxygen atoms in total. The summed E-state index contributed by atoms with van der Waals surface area (Å²) < 4.78 is 0. The summed E-state index contributed by atoms with van der Waals surface area (Å²) in [6, 6.07) is -0.00926. The zero-order valence-corrected chi connectivity index (χ0v) is 8.16. The molecule has 1 heterocycles. The van der Waals surface area contributed by atoms with E-state index in [1.165, 1.54) is 0 Å². The van der Waals surface area contributed by atoms with Gasteiger partial charge in [-0.05, 0) is 19.3 Å². The summed E-state index contributed by atoms with van der Waals surface area (Å²) in [5, 5.41) is 0. The number of rotatable bonds is 2. The molecule has 3 heteroatoms. The maximum absolute atomic E-state index is 11.3. The number of carbonyl (C=O) groups excluding carboxylic acids is 1. The molecule has 0 aliphatic carbocycles. The molecule has 0 saturated carbocycles. The van der Waals surface area contributed by atoms with Gasteiger partial charge in [0.1, 0.15) is 11.9 Å². The van der Waals surface area contributed by atoms with Gasteiger partial charge in [0.05, 0.1) is 0 Å². The monoisotopic (exact) mass is 168 g/mol. The first-order valence-electron chi connectivity index (χ1n) is 4.34. The van der Waals surface area contributed by atoms with E-state index in [9.17, 15) is 4.79 Å². The van der Waals surface area contributed by atoms with Crippen LogP contribution in [0.5, 0.6) is 0 Å². The second-order valence-corrected chi connectivity index (χ2v) is 3.75. The zero-order valence-electron chi connectivity index (χ0n) is 8.16. The van der Waals surface area contributed by atoms with Gasteiger partial charge in [-0.3, -0.25) is 4.79 Å². The van der Waals surface area contributed by atoms with Gasteiger partial charge in [0.25, 0.3) is 5.91 Å². The molecule has 0 N–H and O–H groups in total. The Hall–Kier alpha value is -0.860. The third-order valence-electron chi connectivity index (χ3n) is 2.23. The molecule has 0 fully saturated rings. The average molecular weight is 168 g/mol. The van der Waals surface area contributed by atoms with E-state index in [1.54, 1.807) is 0 Å². The molecule has 0 radical (unpaired) electrons. The van der Waals surface area contributed by atoms with E-state index in [2.05, 4.69) is 18.8 Å². The Labute approximate surface area is 73.5 Å².